The van der Waals surface area contributed by atoms with Crippen LogP contribution < -0.4 is 0 Å². The van der Waals surface area contributed by atoms with Gasteiger partial charge in [0.2, 0.25) is 0 Å². The molecule has 2 aliphatic rings. The average Bonchev–Trinajstić information content (AvgIpc) is 2.58. The number of fused-ring (bicyclic) bond motifs is 1. The van der Waals surface area contributed by atoms with Crippen LogP contribution >= 0.6 is 0 Å². The van der Waals surface area contributed by atoms with Crippen molar-refractivity contribution in [3.8, 4) is 0 Å². The number of rotatable bonds is 3. The van der Waals surface area contributed by atoms with Crippen molar-refractivity contribution in [3.63, 3.8) is 0 Å². The van der Waals surface area contributed by atoms with E-state index in [1.165, 1.54) is 0 Å². The Morgan fingerprint density at radius 1 is 1.35 bits per heavy atom. The molecule has 3 atom stereocenters. The molecule has 0 aromatic carbocycles. The molecule has 8 heteroatoms. The van der Waals surface area contributed by atoms with Crippen LogP contribution in [0.1, 0.15) is 13.8 Å². The molecular formula is C9H14O7S. The molecule has 0 radical (unpaired) electrons. The first-order valence-electron chi connectivity index (χ1n) is 5.08. The van der Waals surface area contributed by atoms with E-state index >= 15 is 0 Å². The van der Waals surface area contributed by atoms with Gasteiger partial charge in [-0.15, -0.1) is 0 Å². The molecule has 2 heterocycles. The van der Waals surface area contributed by atoms with E-state index in [1.807, 2.05) is 0 Å². The average molecular weight is 266 g/mol. The maximum absolute atomic E-state index is 11.4. The van der Waals surface area contributed by atoms with Gasteiger partial charge in [0, 0.05) is 0 Å². The predicted octanol–water partition coefficient (Wildman–Crippen LogP) is -0.592. The Labute approximate surface area is 99.1 Å². The zero-order chi connectivity index (χ0) is 12.8. The fraction of sp³-hybridized carbons (Fsp3) is 0.889. The van der Waals surface area contributed by atoms with Crippen molar-refractivity contribution in [1.29, 1.82) is 0 Å². The minimum Gasteiger partial charge on any atom is -0.455 e. The summed E-state index contributed by atoms with van der Waals surface area (Å²) in [4.78, 5) is 11.4. The summed E-state index contributed by atoms with van der Waals surface area (Å²) >= 11 is 0. The molecule has 2 aliphatic heterocycles. The maximum Gasteiger partial charge on any atom is 0.338 e. The van der Waals surface area contributed by atoms with Crippen molar-refractivity contribution in [2.45, 2.75) is 37.9 Å². The predicted molar refractivity (Wildman–Crippen MR) is 54.5 cm³/mol. The molecule has 17 heavy (non-hydrogen) atoms. The third-order valence-corrected chi connectivity index (χ3v) is 3.01. The lowest BCUT2D eigenvalue weighted by Gasteiger charge is -2.20. The SMILES string of the molecule is CC1(C)OC2C(=O)OC(COS(C)(=O)=O)C2O1. The Morgan fingerprint density at radius 2 is 2.00 bits per heavy atom. The van der Waals surface area contributed by atoms with Crippen LogP contribution in [0.5, 0.6) is 0 Å². The molecule has 0 saturated carbocycles. The highest BCUT2D eigenvalue weighted by Crippen LogP contribution is 2.36. The number of hydrogen-bond acceptors (Lipinski definition) is 7. The first-order chi connectivity index (χ1) is 7.68. The highest BCUT2D eigenvalue weighted by molar-refractivity contribution is 7.85. The summed E-state index contributed by atoms with van der Waals surface area (Å²) in [5.74, 6) is -1.43. The lowest BCUT2D eigenvalue weighted by molar-refractivity contribution is -0.188. The normalized spacial score (nSPS) is 35.7. The van der Waals surface area contributed by atoms with E-state index in [4.69, 9.17) is 14.2 Å². The van der Waals surface area contributed by atoms with Crippen LogP contribution in [0, 0.1) is 0 Å². The summed E-state index contributed by atoms with van der Waals surface area (Å²) in [5.41, 5.74) is 0. The van der Waals surface area contributed by atoms with Crippen LogP contribution in [0.4, 0.5) is 0 Å². The second-order valence-corrected chi connectivity index (χ2v) is 6.13. The quantitative estimate of drug-likeness (QED) is 0.498. The highest BCUT2D eigenvalue weighted by atomic mass is 32.2. The highest BCUT2D eigenvalue weighted by Gasteiger charge is 2.56. The standard InChI is InChI=1S/C9H14O7S/c1-9(2)15-6-5(4-13-17(3,11)12)14-8(10)7(6)16-9/h5-7H,4H2,1-3H3. The summed E-state index contributed by atoms with van der Waals surface area (Å²) in [5, 5.41) is 0. The van der Waals surface area contributed by atoms with E-state index in [0.29, 0.717) is 0 Å². The molecule has 0 N–H and O–H groups in total. The van der Waals surface area contributed by atoms with Crippen molar-refractivity contribution < 1.29 is 31.6 Å². The van der Waals surface area contributed by atoms with Gasteiger partial charge in [-0.1, -0.05) is 0 Å². The van der Waals surface area contributed by atoms with Crippen LogP contribution in [0.25, 0.3) is 0 Å². The molecular weight excluding hydrogens is 252 g/mol. The van der Waals surface area contributed by atoms with Gasteiger partial charge >= 0.3 is 5.97 Å². The summed E-state index contributed by atoms with van der Waals surface area (Å²) < 4.78 is 42.1. The molecule has 2 fully saturated rings. The fourth-order valence-electron chi connectivity index (χ4n) is 1.85. The van der Waals surface area contributed by atoms with Crippen molar-refractivity contribution in [2.24, 2.45) is 0 Å². The molecule has 0 spiro atoms. The number of esters is 1. The van der Waals surface area contributed by atoms with Crippen LogP contribution in [0.3, 0.4) is 0 Å². The fourth-order valence-corrected chi connectivity index (χ4v) is 2.23. The Hall–Kier alpha value is -0.700. The van der Waals surface area contributed by atoms with Gasteiger partial charge in [-0.3, -0.25) is 4.18 Å². The molecule has 0 aromatic rings. The van der Waals surface area contributed by atoms with Gasteiger partial charge in [0.1, 0.15) is 12.7 Å². The van der Waals surface area contributed by atoms with Crippen LogP contribution in [0.2, 0.25) is 0 Å². The van der Waals surface area contributed by atoms with Gasteiger partial charge in [-0.25, -0.2) is 4.79 Å². The van der Waals surface area contributed by atoms with E-state index in [9.17, 15) is 13.2 Å². The second kappa shape index (κ2) is 3.91. The van der Waals surface area contributed by atoms with E-state index in [1.54, 1.807) is 13.8 Å². The molecule has 7 nitrogen and oxygen atoms in total. The molecule has 0 bridgehead atoms. The first kappa shape index (κ1) is 12.7. The van der Waals surface area contributed by atoms with Gasteiger partial charge < -0.3 is 14.2 Å². The molecule has 2 saturated heterocycles. The van der Waals surface area contributed by atoms with E-state index in [-0.39, 0.29) is 6.61 Å². The van der Waals surface area contributed by atoms with Gasteiger partial charge in [0.05, 0.1) is 6.26 Å². The minimum absolute atomic E-state index is 0.259. The smallest absolute Gasteiger partial charge is 0.338 e. The van der Waals surface area contributed by atoms with E-state index in [0.717, 1.165) is 6.26 Å². The number of ether oxygens (including phenoxy) is 3. The van der Waals surface area contributed by atoms with Crippen molar-refractivity contribution >= 4 is 16.1 Å². The van der Waals surface area contributed by atoms with Gasteiger partial charge in [-0.2, -0.15) is 8.42 Å². The molecule has 98 valence electrons. The molecule has 0 aliphatic carbocycles. The van der Waals surface area contributed by atoms with Gasteiger partial charge in [0.15, 0.2) is 18.0 Å². The Bertz CT molecular complexity index is 427. The van der Waals surface area contributed by atoms with Crippen molar-refractivity contribution in [3.05, 3.63) is 0 Å². The first-order valence-corrected chi connectivity index (χ1v) is 6.90. The zero-order valence-electron chi connectivity index (χ0n) is 9.71. The maximum atomic E-state index is 11.4. The number of hydrogen-bond donors (Lipinski definition) is 0. The lowest BCUT2D eigenvalue weighted by atomic mass is 10.1. The Balaban J connectivity index is 2.04. The topological polar surface area (TPSA) is 88.1 Å². The monoisotopic (exact) mass is 266 g/mol. The third-order valence-electron chi connectivity index (χ3n) is 2.44. The van der Waals surface area contributed by atoms with Crippen LogP contribution in [-0.4, -0.2) is 51.3 Å². The van der Waals surface area contributed by atoms with Crippen molar-refractivity contribution in [2.75, 3.05) is 12.9 Å². The Morgan fingerprint density at radius 3 is 2.59 bits per heavy atom. The third kappa shape index (κ3) is 2.76. The molecule has 0 amide bonds. The number of cyclic esters (lactones) is 1. The summed E-state index contributed by atoms with van der Waals surface area (Å²) in [6.07, 6.45) is -1.27. The Kier molecular flexibility index (Phi) is 2.93. The van der Waals surface area contributed by atoms with Gasteiger partial charge in [-0.05, 0) is 13.8 Å². The molecule has 2 rings (SSSR count). The largest absolute Gasteiger partial charge is 0.455 e. The lowest BCUT2D eigenvalue weighted by Crippen LogP contribution is -2.33. The molecule has 0 aromatic heterocycles. The zero-order valence-corrected chi connectivity index (χ0v) is 10.5. The van der Waals surface area contributed by atoms with E-state index in [2.05, 4.69) is 4.18 Å². The summed E-state index contributed by atoms with van der Waals surface area (Å²) in [7, 11) is -3.57. The van der Waals surface area contributed by atoms with Crippen molar-refractivity contribution in [1.82, 2.24) is 0 Å². The summed E-state index contributed by atoms with van der Waals surface area (Å²) in [6.45, 7) is 3.09. The minimum atomic E-state index is -3.57. The molecule has 3 unspecified atom stereocenters. The summed E-state index contributed by atoms with van der Waals surface area (Å²) in [6, 6.07) is 0. The van der Waals surface area contributed by atoms with E-state index < -0.39 is 40.2 Å². The van der Waals surface area contributed by atoms with Crippen LogP contribution in [0.15, 0.2) is 0 Å². The number of carbonyl (C=O) groups excluding carboxylic acids is 1. The second-order valence-electron chi connectivity index (χ2n) is 4.48. The van der Waals surface area contributed by atoms with Gasteiger partial charge in [0.25, 0.3) is 10.1 Å². The number of carbonyl (C=O) groups is 1. The van der Waals surface area contributed by atoms with Crippen LogP contribution in [-0.2, 0) is 33.3 Å².